The van der Waals surface area contributed by atoms with Gasteiger partial charge in [-0.2, -0.15) is 0 Å². The van der Waals surface area contributed by atoms with Gasteiger partial charge < -0.3 is 4.74 Å². The Labute approximate surface area is 104 Å². The van der Waals surface area contributed by atoms with Crippen molar-refractivity contribution < 1.29 is 9.13 Å². The summed E-state index contributed by atoms with van der Waals surface area (Å²) in [6.45, 7) is 4.06. The van der Waals surface area contributed by atoms with Crippen LogP contribution in [0, 0.1) is 5.82 Å². The molecule has 1 aromatic carbocycles. The fourth-order valence-corrected chi connectivity index (χ4v) is 1.95. The van der Waals surface area contributed by atoms with Crippen molar-refractivity contribution in [2.45, 2.75) is 19.8 Å². The van der Waals surface area contributed by atoms with Crippen LogP contribution in [0.3, 0.4) is 0 Å². The van der Waals surface area contributed by atoms with Gasteiger partial charge in [0.1, 0.15) is 17.1 Å². The minimum atomic E-state index is -0.379. The number of benzene rings is 1. The lowest BCUT2D eigenvalue weighted by Crippen LogP contribution is -1.96. The number of pyridine rings is 1. The molecule has 0 amide bonds. The second-order valence-electron chi connectivity index (χ2n) is 4.19. The van der Waals surface area contributed by atoms with Crippen molar-refractivity contribution in [3.05, 3.63) is 34.7 Å². The lowest BCUT2D eigenvalue weighted by atomic mass is 10.1. The molecule has 17 heavy (non-hydrogen) atoms. The standard InChI is InChI=1S/C13H13ClFNO/c1-7(2)11-6-10(14)9-4-8(15)5-12(17-3)13(9)16-11/h4-7H,1-3H3. The first-order valence-electron chi connectivity index (χ1n) is 5.36. The molecule has 0 saturated heterocycles. The molecule has 0 spiro atoms. The lowest BCUT2D eigenvalue weighted by molar-refractivity contribution is 0.415. The lowest BCUT2D eigenvalue weighted by Gasteiger charge is -2.11. The van der Waals surface area contributed by atoms with Gasteiger partial charge in [0.2, 0.25) is 0 Å². The Morgan fingerprint density at radius 2 is 2.00 bits per heavy atom. The molecule has 0 aliphatic heterocycles. The van der Waals surface area contributed by atoms with E-state index in [1.807, 2.05) is 13.8 Å². The van der Waals surface area contributed by atoms with Gasteiger partial charge in [-0.25, -0.2) is 9.37 Å². The van der Waals surface area contributed by atoms with Crippen LogP contribution in [0.5, 0.6) is 5.75 Å². The Morgan fingerprint density at radius 3 is 2.59 bits per heavy atom. The molecule has 0 saturated carbocycles. The molecular formula is C13H13ClFNO. The number of hydrogen-bond acceptors (Lipinski definition) is 2. The van der Waals surface area contributed by atoms with Crippen LogP contribution in [-0.4, -0.2) is 12.1 Å². The molecule has 2 aromatic rings. The van der Waals surface area contributed by atoms with E-state index in [1.54, 1.807) is 6.07 Å². The van der Waals surface area contributed by atoms with Crippen LogP contribution in [0.25, 0.3) is 10.9 Å². The zero-order valence-corrected chi connectivity index (χ0v) is 10.7. The Morgan fingerprint density at radius 1 is 1.29 bits per heavy atom. The first-order valence-corrected chi connectivity index (χ1v) is 5.74. The number of ether oxygens (including phenoxy) is 1. The van der Waals surface area contributed by atoms with E-state index in [-0.39, 0.29) is 11.7 Å². The summed E-state index contributed by atoms with van der Waals surface area (Å²) in [5.41, 5.74) is 1.47. The predicted octanol–water partition coefficient (Wildman–Crippen LogP) is 4.16. The van der Waals surface area contributed by atoms with Crippen molar-refractivity contribution in [1.82, 2.24) is 4.98 Å². The van der Waals surface area contributed by atoms with E-state index in [2.05, 4.69) is 4.98 Å². The summed E-state index contributed by atoms with van der Waals surface area (Å²) in [7, 11) is 1.49. The highest BCUT2D eigenvalue weighted by Crippen LogP contribution is 2.32. The minimum absolute atomic E-state index is 0.256. The van der Waals surface area contributed by atoms with Crippen molar-refractivity contribution in [2.24, 2.45) is 0 Å². The minimum Gasteiger partial charge on any atom is -0.494 e. The van der Waals surface area contributed by atoms with Crippen LogP contribution in [0.4, 0.5) is 4.39 Å². The highest BCUT2D eigenvalue weighted by Gasteiger charge is 2.12. The number of hydrogen-bond donors (Lipinski definition) is 0. The van der Waals surface area contributed by atoms with Crippen LogP contribution >= 0.6 is 11.6 Å². The largest absolute Gasteiger partial charge is 0.494 e. The molecule has 2 nitrogen and oxygen atoms in total. The zero-order chi connectivity index (χ0) is 12.6. The fraction of sp³-hybridized carbons (Fsp3) is 0.308. The van der Waals surface area contributed by atoms with Gasteiger partial charge in [-0.1, -0.05) is 25.4 Å². The topological polar surface area (TPSA) is 22.1 Å². The molecule has 2 rings (SSSR count). The number of methoxy groups -OCH3 is 1. The summed E-state index contributed by atoms with van der Waals surface area (Å²) in [6, 6.07) is 4.46. The molecule has 1 aromatic heterocycles. The van der Waals surface area contributed by atoms with Crippen LogP contribution in [0.1, 0.15) is 25.5 Å². The predicted molar refractivity (Wildman–Crippen MR) is 67.4 cm³/mol. The monoisotopic (exact) mass is 253 g/mol. The van der Waals surface area contributed by atoms with E-state index in [9.17, 15) is 4.39 Å². The maximum atomic E-state index is 13.4. The van der Waals surface area contributed by atoms with Crippen molar-refractivity contribution in [3.63, 3.8) is 0 Å². The second kappa shape index (κ2) is 4.49. The highest BCUT2D eigenvalue weighted by molar-refractivity contribution is 6.35. The van der Waals surface area contributed by atoms with Gasteiger partial charge in [0, 0.05) is 17.1 Å². The second-order valence-corrected chi connectivity index (χ2v) is 4.60. The third-order valence-electron chi connectivity index (χ3n) is 2.62. The highest BCUT2D eigenvalue weighted by atomic mass is 35.5. The first-order chi connectivity index (χ1) is 8.02. The smallest absolute Gasteiger partial charge is 0.148 e. The fourth-order valence-electron chi connectivity index (χ4n) is 1.69. The number of fused-ring (bicyclic) bond motifs is 1. The molecular weight excluding hydrogens is 241 g/mol. The van der Waals surface area contributed by atoms with Gasteiger partial charge in [-0.05, 0) is 18.1 Å². The Balaban J connectivity index is 2.81. The van der Waals surface area contributed by atoms with Crippen LogP contribution in [-0.2, 0) is 0 Å². The number of rotatable bonds is 2. The summed E-state index contributed by atoms with van der Waals surface area (Å²) < 4.78 is 18.5. The number of halogens is 2. The molecule has 0 fully saturated rings. The van der Waals surface area contributed by atoms with E-state index in [1.165, 1.54) is 19.2 Å². The molecule has 0 radical (unpaired) electrons. The Bertz CT molecular complexity index is 569. The zero-order valence-electron chi connectivity index (χ0n) is 9.92. The van der Waals surface area contributed by atoms with Crippen molar-refractivity contribution in [1.29, 1.82) is 0 Å². The summed E-state index contributed by atoms with van der Waals surface area (Å²) in [4.78, 5) is 4.47. The number of aromatic nitrogens is 1. The van der Waals surface area contributed by atoms with Gasteiger partial charge in [0.25, 0.3) is 0 Å². The summed E-state index contributed by atoms with van der Waals surface area (Å²) >= 11 is 6.14. The summed E-state index contributed by atoms with van der Waals surface area (Å²) in [5.74, 6) is 0.284. The van der Waals surface area contributed by atoms with E-state index < -0.39 is 0 Å². The Hall–Kier alpha value is -1.35. The van der Waals surface area contributed by atoms with E-state index in [0.717, 1.165) is 5.69 Å². The van der Waals surface area contributed by atoms with Gasteiger partial charge in [-0.15, -0.1) is 0 Å². The van der Waals surface area contributed by atoms with Gasteiger partial charge >= 0.3 is 0 Å². The van der Waals surface area contributed by atoms with Crippen molar-refractivity contribution >= 4 is 22.5 Å². The molecule has 4 heteroatoms. The van der Waals surface area contributed by atoms with E-state index >= 15 is 0 Å². The van der Waals surface area contributed by atoms with Gasteiger partial charge in [0.15, 0.2) is 0 Å². The maximum absolute atomic E-state index is 13.4. The molecule has 0 aliphatic carbocycles. The quantitative estimate of drug-likeness (QED) is 0.802. The average molecular weight is 254 g/mol. The maximum Gasteiger partial charge on any atom is 0.148 e. The average Bonchev–Trinajstić information content (AvgIpc) is 2.28. The normalized spacial score (nSPS) is 11.2. The Kier molecular flexibility index (Phi) is 3.20. The van der Waals surface area contributed by atoms with Crippen LogP contribution < -0.4 is 4.74 Å². The molecule has 0 bridgehead atoms. The van der Waals surface area contributed by atoms with Crippen molar-refractivity contribution in [3.8, 4) is 5.75 Å². The molecule has 90 valence electrons. The van der Waals surface area contributed by atoms with Gasteiger partial charge in [0.05, 0.1) is 12.1 Å². The number of nitrogens with zero attached hydrogens (tertiary/aromatic N) is 1. The van der Waals surface area contributed by atoms with Crippen LogP contribution in [0.15, 0.2) is 18.2 Å². The van der Waals surface area contributed by atoms with E-state index in [0.29, 0.717) is 21.7 Å². The molecule has 0 unspecified atom stereocenters. The third-order valence-corrected chi connectivity index (χ3v) is 2.94. The molecule has 0 N–H and O–H groups in total. The van der Waals surface area contributed by atoms with Crippen molar-refractivity contribution in [2.75, 3.05) is 7.11 Å². The first kappa shape index (κ1) is 12.1. The molecule has 0 atom stereocenters. The molecule has 0 aliphatic rings. The summed E-state index contributed by atoms with van der Waals surface area (Å²) in [5, 5.41) is 1.07. The summed E-state index contributed by atoms with van der Waals surface area (Å²) in [6.07, 6.45) is 0. The third kappa shape index (κ3) is 2.20. The van der Waals surface area contributed by atoms with E-state index in [4.69, 9.17) is 16.3 Å². The molecule has 1 heterocycles. The van der Waals surface area contributed by atoms with Crippen LogP contribution in [0.2, 0.25) is 5.02 Å². The SMILES string of the molecule is COc1cc(F)cc2c(Cl)cc(C(C)C)nc12. The van der Waals surface area contributed by atoms with Gasteiger partial charge in [-0.3, -0.25) is 0 Å².